The Kier molecular flexibility index (Phi) is 10.2. The minimum Gasteiger partial charge on any atom is -0.493 e. The van der Waals surface area contributed by atoms with Crippen molar-refractivity contribution < 1.29 is 21.6 Å². The van der Waals surface area contributed by atoms with Crippen LogP contribution in [0.3, 0.4) is 0 Å². The number of benzene rings is 2. The van der Waals surface area contributed by atoms with E-state index in [-0.39, 0.29) is 22.0 Å². The van der Waals surface area contributed by atoms with Crippen LogP contribution in [-0.4, -0.2) is 90.9 Å². The lowest BCUT2D eigenvalue weighted by Crippen LogP contribution is -2.48. The highest BCUT2D eigenvalue weighted by atomic mass is 32.2. The molecule has 3 heterocycles. The standard InChI is InChI=1S/C31H41N7O6S2/c1-5-9-26-28-29(34-38(26)23-12-10-22(11-13-23)35-45(40,41)8-4)31(39)33-30(32-28)25-21-24(14-15-27(25)44-20-6-2)46(42,43)37-18-16-36(7-3)17-19-37/h10-15,21,35H,5-9,16-20H2,1-4H3,(H,32,33,39). The highest BCUT2D eigenvalue weighted by Crippen LogP contribution is 2.33. The van der Waals surface area contributed by atoms with Crippen LogP contribution in [-0.2, 0) is 26.5 Å². The molecule has 2 aromatic carbocycles. The number of fused-ring (bicyclic) bond motifs is 1. The Labute approximate surface area is 269 Å². The van der Waals surface area contributed by atoms with Gasteiger partial charge in [-0.3, -0.25) is 9.52 Å². The summed E-state index contributed by atoms with van der Waals surface area (Å²) < 4.78 is 63.1. The third kappa shape index (κ3) is 6.97. The van der Waals surface area contributed by atoms with Gasteiger partial charge in [0.1, 0.15) is 17.1 Å². The predicted octanol–water partition coefficient (Wildman–Crippen LogP) is 3.60. The van der Waals surface area contributed by atoms with Gasteiger partial charge >= 0.3 is 0 Å². The van der Waals surface area contributed by atoms with Crippen LogP contribution in [0.1, 0.15) is 46.2 Å². The van der Waals surface area contributed by atoms with Crippen LogP contribution in [0, 0.1) is 0 Å². The molecule has 2 aromatic heterocycles. The number of hydrogen-bond donors (Lipinski definition) is 2. The number of aromatic amines is 1. The normalized spacial score (nSPS) is 15.0. The van der Waals surface area contributed by atoms with Crippen molar-refractivity contribution in [1.29, 1.82) is 0 Å². The Morgan fingerprint density at radius 2 is 1.63 bits per heavy atom. The van der Waals surface area contributed by atoms with Gasteiger partial charge in [-0.25, -0.2) is 26.5 Å². The van der Waals surface area contributed by atoms with Crippen molar-refractivity contribution in [3.63, 3.8) is 0 Å². The van der Waals surface area contributed by atoms with E-state index >= 15 is 0 Å². The monoisotopic (exact) mass is 671 g/mol. The fourth-order valence-corrected chi connectivity index (χ4v) is 7.46. The summed E-state index contributed by atoms with van der Waals surface area (Å²) in [6, 6.07) is 11.4. The molecule has 0 spiro atoms. The van der Waals surface area contributed by atoms with Crippen LogP contribution >= 0.6 is 0 Å². The van der Waals surface area contributed by atoms with Gasteiger partial charge < -0.3 is 14.6 Å². The number of likely N-dealkylation sites (N-methyl/N-ethyl adjacent to an activating group) is 1. The first-order valence-electron chi connectivity index (χ1n) is 15.6. The summed E-state index contributed by atoms with van der Waals surface area (Å²) in [6.45, 7) is 11.0. The predicted molar refractivity (Wildman–Crippen MR) is 179 cm³/mol. The lowest BCUT2D eigenvalue weighted by Gasteiger charge is -2.33. The van der Waals surface area contributed by atoms with E-state index in [1.165, 1.54) is 16.4 Å². The minimum atomic E-state index is -3.81. The molecule has 248 valence electrons. The van der Waals surface area contributed by atoms with E-state index in [2.05, 4.69) is 26.6 Å². The van der Waals surface area contributed by atoms with Crippen molar-refractivity contribution in [1.82, 2.24) is 29.0 Å². The molecular formula is C31H41N7O6S2. The summed E-state index contributed by atoms with van der Waals surface area (Å²) in [7, 11) is -7.24. The second kappa shape index (κ2) is 13.9. The van der Waals surface area contributed by atoms with E-state index in [0.717, 1.165) is 19.4 Å². The van der Waals surface area contributed by atoms with E-state index in [1.54, 1.807) is 41.9 Å². The Hall–Kier alpha value is -3.79. The maximum atomic E-state index is 13.7. The second-order valence-electron chi connectivity index (χ2n) is 11.1. The van der Waals surface area contributed by atoms with Gasteiger partial charge in [0.25, 0.3) is 5.56 Å². The number of aryl methyl sites for hydroxylation is 1. The van der Waals surface area contributed by atoms with Gasteiger partial charge in [0.2, 0.25) is 20.0 Å². The lowest BCUT2D eigenvalue weighted by atomic mass is 10.1. The highest BCUT2D eigenvalue weighted by Gasteiger charge is 2.29. The van der Waals surface area contributed by atoms with Gasteiger partial charge in [-0.15, -0.1) is 0 Å². The van der Waals surface area contributed by atoms with Gasteiger partial charge in [-0.2, -0.15) is 9.40 Å². The zero-order valence-corrected chi connectivity index (χ0v) is 28.2. The fourth-order valence-electron chi connectivity index (χ4n) is 5.37. The third-order valence-electron chi connectivity index (χ3n) is 7.96. The molecule has 1 fully saturated rings. The van der Waals surface area contributed by atoms with E-state index in [0.29, 0.717) is 73.1 Å². The summed E-state index contributed by atoms with van der Waals surface area (Å²) in [6.07, 6.45) is 2.02. The zero-order chi connectivity index (χ0) is 33.1. The number of rotatable bonds is 13. The van der Waals surface area contributed by atoms with Gasteiger partial charge in [0, 0.05) is 31.9 Å². The van der Waals surface area contributed by atoms with Crippen LogP contribution in [0.4, 0.5) is 5.69 Å². The first-order chi connectivity index (χ1) is 22.0. The summed E-state index contributed by atoms with van der Waals surface area (Å²) in [5.74, 6) is 0.540. The largest absolute Gasteiger partial charge is 0.493 e. The molecule has 4 aromatic rings. The lowest BCUT2D eigenvalue weighted by molar-refractivity contribution is 0.196. The molecular weight excluding hydrogens is 631 g/mol. The van der Waals surface area contributed by atoms with E-state index in [4.69, 9.17) is 9.72 Å². The number of anilines is 1. The van der Waals surface area contributed by atoms with Crippen LogP contribution < -0.4 is 15.0 Å². The molecule has 1 aliphatic heterocycles. The molecule has 15 heteroatoms. The number of aromatic nitrogens is 4. The maximum absolute atomic E-state index is 13.7. The molecule has 2 N–H and O–H groups in total. The average molecular weight is 672 g/mol. The van der Waals surface area contributed by atoms with Gasteiger partial charge in [0.15, 0.2) is 5.52 Å². The van der Waals surface area contributed by atoms with Crippen molar-refractivity contribution in [2.24, 2.45) is 0 Å². The molecule has 0 saturated carbocycles. The number of hydrogen-bond acceptors (Lipinski definition) is 9. The Balaban J connectivity index is 1.59. The zero-order valence-electron chi connectivity index (χ0n) is 26.6. The van der Waals surface area contributed by atoms with Gasteiger partial charge in [-0.1, -0.05) is 27.2 Å². The summed E-state index contributed by atoms with van der Waals surface area (Å²) >= 11 is 0. The number of piperazine rings is 1. The first-order valence-corrected chi connectivity index (χ1v) is 18.7. The maximum Gasteiger partial charge on any atom is 0.279 e. The molecule has 13 nitrogen and oxygen atoms in total. The molecule has 0 unspecified atom stereocenters. The van der Waals surface area contributed by atoms with Crippen LogP contribution in [0.15, 0.2) is 52.2 Å². The number of sulfonamides is 2. The molecule has 0 amide bonds. The Morgan fingerprint density at radius 3 is 2.26 bits per heavy atom. The molecule has 1 saturated heterocycles. The van der Waals surface area contributed by atoms with Crippen LogP contribution in [0.2, 0.25) is 0 Å². The molecule has 0 atom stereocenters. The molecule has 1 aliphatic rings. The molecule has 46 heavy (non-hydrogen) atoms. The van der Waals surface area contributed by atoms with Crippen molar-refractivity contribution in [2.45, 2.75) is 51.9 Å². The van der Waals surface area contributed by atoms with Crippen LogP contribution in [0.25, 0.3) is 28.1 Å². The van der Waals surface area contributed by atoms with Crippen molar-refractivity contribution >= 4 is 36.8 Å². The quantitative estimate of drug-likeness (QED) is 0.217. The number of ether oxygens (including phenoxy) is 1. The smallest absolute Gasteiger partial charge is 0.279 e. The number of H-pyrrole nitrogens is 1. The Bertz CT molecular complexity index is 1960. The summed E-state index contributed by atoms with van der Waals surface area (Å²) in [5, 5.41) is 4.59. The topological polar surface area (TPSA) is 160 Å². The minimum absolute atomic E-state index is 0.0489. The van der Waals surface area contributed by atoms with E-state index < -0.39 is 25.6 Å². The fraction of sp³-hybridized carbons (Fsp3) is 0.452. The number of nitrogens with zero attached hydrogens (tertiary/aromatic N) is 5. The van der Waals surface area contributed by atoms with Crippen molar-refractivity contribution in [2.75, 3.05) is 49.8 Å². The van der Waals surface area contributed by atoms with E-state index in [1.807, 2.05) is 13.8 Å². The van der Waals surface area contributed by atoms with Crippen molar-refractivity contribution in [3.05, 3.63) is 58.5 Å². The molecule has 0 radical (unpaired) electrons. The van der Waals surface area contributed by atoms with Gasteiger partial charge in [-0.05, 0) is 68.8 Å². The first kappa shape index (κ1) is 33.6. The number of nitrogens with one attached hydrogen (secondary N) is 2. The highest BCUT2D eigenvalue weighted by molar-refractivity contribution is 7.92. The van der Waals surface area contributed by atoms with Gasteiger partial charge in [0.05, 0.1) is 34.2 Å². The van der Waals surface area contributed by atoms with Crippen molar-refractivity contribution in [3.8, 4) is 22.8 Å². The van der Waals surface area contributed by atoms with E-state index in [9.17, 15) is 21.6 Å². The summed E-state index contributed by atoms with van der Waals surface area (Å²) in [4.78, 5) is 23.5. The summed E-state index contributed by atoms with van der Waals surface area (Å²) in [5.41, 5.74) is 2.15. The average Bonchev–Trinajstić information content (AvgIpc) is 3.42. The Morgan fingerprint density at radius 1 is 0.913 bits per heavy atom. The molecule has 5 rings (SSSR count). The third-order valence-corrected chi connectivity index (χ3v) is 11.2. The second-order valence-corrected chi connectivity index (χ2v) is 15.1. The SMILES string of the molecule is CCCOc1ccc(S(=O)(=O)N2CCN(CC)CC2)cc1-c1nc2c(CCC)n(-c3ccc(NS(=O)(=O)CC)cc3)nc2c(=O)[nH]1. The molecule has 0 aliphatic carbocycles. The molecule has 0 bridgehead atoms. The van der Waals surface area contributed by atoms with Crippen LogP contribution in [0.5, 0.6) is 5.75 Å².